The average Bonchev–Trinajstić information content (AvgIpc) is 3.35. The number of piperazine rings is 1. The molecule has 0 radical (unpaired) electrons. The average molecular weight is 332 g/mol. The SMILES string of the molecule is CCN1CCN(c2nc(C3CCCC3)ns2)C[C@H]1c1ncc[nH]1. The van der Waals surface area contributed by atoms with Gasteiger partial charge in [0.2, 0.25) is 5.13 Å². The molecule has 1 aliphatic heterocycles. The highest BCUT2D eigenvalue weighted by Crippen LogP contribution is 2.35. The maximum atomic E-state index is 4.87. The Balaban J connectivity index is 1.51. The van der Waals surface area contributed by atoms with Gasteiger partial charge in [0.1, 0.15) is 11.6 Å². The van der Waals surface area contributed by atoms with E-state index in [1.165, 1.54) is 25.7 Å². The molecule has 1 aliphatic carbocycles. The fourth-order valence-electron chi connectivity index (χ4n) is 3.80. The van der Waals surface area contributed by atoms with Crippen molar-refractivity contribution in [1.82, 2.24) is 24.2 Å². The molecule has 2 fully saturated rings. The van der Waals surface area contributed by atoms with Crippen LogP contribution in [-0.4, -0.2) is 50.4 Å². The van der Waals surface area contributed by atoms with Crippen molar-refractivity contribution in [2.75, 3.05) is 31.1 Å². The third-order valence-electron chi connectivity index (χ3n) is 5.15. The first kappa shape index (κ1) is 15.1. The van der Waals surface area contributed by atoms with E-state index < -0.39 is 0 Å². The van der Waals surface area contributed by atoms with Crippen molar-refractivity contribution < 1.29 is 0 Å². The Labute approximate surface area is 141 Å². The second kappa shape index (κ2) is 6.57. The van der Waals surface area contributed by atoms with Gasteiger partial charge in [-0.1, -0.05) is 19.8 Å². The van der Waals surface area contributed by atoms with Gasteiger partial charge in [-0.25, -0.2) is 9.97 Å². The van der Waals surface area contributed by atoms with Crippen molar-refractivity contribution >= 4 is 16.7 Å². The summed E-state index contributed by atoms with van der Waals surface area (Å²) in [6.45, 7) is 6.25. The molecule has 0 amide bonds. The summed E-state index contributed by atoms with van der Waals surface area (Å²) >= 11 is 1.57. The number of anilines is 1. The van der Waals surface area contributed by atoms with Crippen LogP contribution in [0.25, 0.3) is 0 Å². The highest BCUT2D eigenvalue weighted by atomic mass is 32.1. The molecule has 0 spiro atoms. The lowest BCUT2D eigenvalue weighted by Crippen LogP contribution is -2.48. The minimum Gasteiger partial charge on any atom is -0.347 e. The van der Waals surface area contributed by atoms with Gasteiger partial charge in [0.25, 0.3) is 0 Å². The van der Waals surface area contributed by atoms with Gasteiger partial charge in [0, 0.05) is 49.5 Å². The Kier molecular flexibility index (Phi) is 4.31. The molecule has 7 heteroatoms. The summed E-state index contributed by atoms with van der Waals surface area (Å²) in [6.07, 6.45) is 8.92. The summed E-state index contributed by atoms with van der Waals surface area (Å²) in [5, 5.41) is 1.08. The van der Waals surface area contributed by atoms with E-state index in [0.717, 1.165) is 43.0 Å². The number of hydrogen-bond donors (Lipinski definition) is 1. The topological polar surface area (TPSA) is 60.9 Å². The van der Waals surface area contributed by atoms with E-state index in [1.54, 1.807) is 11.5 Å². The molecule has 124 valence electrons. The minimum absolute atomic E-state index is 0.308. The van der Waals surface area contributed by atoms with Crippen LogP contribution in [0.2, 0.25) is 0 Å². The lowest BCUT2D eigenvalue weighted by Gasteiger charge is -2.39. The Bertz CT molecular complexity index is 618. The Morgan fingerprint density at radius 1 is 1.30 bits per heavy atom. The molecule has 6 nitrogen and oxygen atoms in total. The monoisotopic (exact) mass is 332 g/mol. The third-order valence-corrected chi connectivity index (χ3v) is 5.95. The van der Waals surface area contributed by atoms with Crippen molar-refractivity contribution in [2.24, 2.45) is 0 Å². The van der Waals surface area contributed by atoms with E-state index in [1.807, 2.05) is 12.4 Å². The summed E-state index contributed by atoms with van der Waals surface area (Å²) < 4.78 is 4.65. The molecule has 4 rings (SSSR count). The lowest BCUT2D eigenvalue weighted by atomic mass is 10.1. The Morgan fingerprint density at radius 2 is 2.17 bits per heavy atom. The van der Waals surface area contributed by atoms with Gasteiger partial charge in [0.05, 0.1) is 6.04 Å². The van der Waals surface area contributed by atoms with Gasteiger partial charge in [-0.3, -0.25) is 4.90 Å². The second-order valence-electron chi connectivity index (χ2n) is 6.48. The number of aromatic amines is 1. The van der Waals surface area contributed by atoms with Crippen molar-refractivity contribution in [3.63, 3.8) is 0 Å². The zero-order chi connectivity index (χ0) is 15.6. The molecule has 0 aromatic carbocycles. The van der Waals surface area contributed by atoms with Crippen LogP contribution in [0, 0.1) is 0 Å². The maximum absolute atomic E-state index is 4.87. The summed E-state index contributed by atoms with van der Waals surface area (Å²) in [5.41, 5.74) is 0. The standard InChI is InChI=1S/C16H24N6S/c1-2-21-9-10-22(11-13(21)15-17-7-8-18-15)16-19-14(20-23-16)12-5-3-4-6-12/h7-8,12-13H,2-6,9-11H2,1H3,(H,17,18)/t13-/m0/s1. The van der Waals surface area contributed by atoms with E-state index in [0.29, 0.717) is 12.0 Å². The number of aromatic nitrogens is 4. The molecule has 1 atom stereocenters. The first-order chi connectivity index (χ1) is 11.3. The van der Waals surface area contributed by atoms with Gasteiger partial charge in [-0.2, -0.15) is 4.37 Å². The van der Waals surface area contributed by atoms with E-state index in [-0.39, 0.29) is 0 Å². The smallest absolute Gasteiger partial charge is 0.205 e. The van der Waals surface area contributed by atoms with Crippen molar-refractivity contribution in [2.45, 2.75) is 44.6 Å². The van der Waals surface area contributed by atoms with Crippen molar-refractivity contribution in [3.05, 3.63) is 24.0 Å². The molecule has 0 bridgehead atoms. The number of imidazole rings is 1. The molecule has 0 unspecified atom stereocenters. The molecular weight excluding hydrogens is 308 g/mol. The molecule has 1 saturated heterocycles. The summed E-state index contributed by atoms with van der Waals surface area (Å²) in [7, 11) is 0. The molecule has 3 heterocycles. The summed E-state index contributed by atoms with van der Waals surface area (Å²) in [5.74, 6) is 2.73. The van der Waals surface area contributed by atoms with E-state index in [2.05, 4.69) is 31.1 Å². The molecule has 2 aromatic heterocycles. The van der Waals surface area contributed by atoms with Crippen LogP contribution >= 0.6 is 11.5 Å². The predicted octanol–water partition coefficient (Wildman–Crippen LogP) is 2.80. The van der Waals surface area contributed by atoms with Crippen LogP contribution in [0.3, 0.4) is 0 Å². The van der Waals surface area contributed by atoms with Crippen LogP contribution < -0.4 is 4.90 Å². The van der Waals surface area contributed by atoms with Gasteiger partial charge < -0.3 is 9.88 Å². The molecule has 1 N–H and O–H groups in total. The fourth-order valence-corrected chi connectivity index (χ4v) is 4.58. The van der Waals surface area contributed by atoms with E-state index >= 15 is 0 Å². The van der Waals surface area contributed by atoms with Crippen LogP contribution in [-0.2, 0) is 0 Å². The van der Waals surface area contributed by atoms with Crippen LogP contribution in [0.4, 0.5) is 5.13 Å². The van der Waals surface area contributed by atoms with Gasteiger partial charge in [-0.15, -0.1) is 0 Å². The second-order valence-corrected chi connectivity index (χ2v) is 7.21. The molecular formula is C16H24N6S. The largest absolute Gasteiger partial charge is 0.347 e. The number of H-pyrrole nitrogens is 1. The third kappa shape index (κ3) is 2.99. The highest BCUT2D eigenvalue weighted by molar-refractivity contribution is 7.09. The first-order valence-electron chi connectivity index (χ1n) is 8.67. The quantitative estimate of drug-likeness (QED) is 0.933. The van der Waals surface area contributed by atoms with Crippen LogP contribution in [0.5, 0.6) is 0 Å². The number of nitrogens with zero attached hydrogens (tertiary/aromatic N) is 5. The van der Waals surface area contributed by atoms with Crippen LogP contribution in [0.1, 0.15) is 56.2 Å². The van der Waals surface area contributed by atoms with E-state index in [9.17, 15) is 0 Å². The van der Waals surface area contributed by atoms with Crippen molar-refractivity contribution in [3.8, 4) is 0 Å². The minimum atomic E-state index is 0.308. The lowest BCUT2D eigenvalue weighted by molar-refractivity contribution is 0.180. The zero-order valence-corrected chi connectivity index (χ0v) is 14.4. The number of rotatable bonds is 4. The highest BCUT2D eigenvalue weighted by Gasteiger charge is 2.31. The van der Waals surface area contributed by atoms with Crippen LogP contribution in [0.15, 0.2) is 12.4 Å². The van der Waals surface area contributed by atoms with Gasteiger partial charge in [-0.05, 0) is 19.4 Å². The van der Waals surface area contributed by atoms with Gasteiger partial charge >= 0.3 is 0 Å². The normalized spacial score (nSPS) is 23.7. The zero-order valence-electron chi connectivity index (χ0n) is 13.6. The molecule has 2 aromatic rings. The summed E-state index contributed by atoms with van der Waals surface area (Å²) in [6, 6.07) is 0.308. The molecule has 1 saturated carbocycles. The molecule has 2 aliphatic rings. The maximum Gasteiger partial charge on any atom is 0.205 e. The Hall–Kier alpha value is -1.47. The number of hydrogen-bond acceptors (Lipinski definition) is 6. The molecule has 23 heavy (non-hydrogen) atoms. The summed E-state index contributed by atoms with van der Waals surface area (Å²) in [4.78, 5) is 17.5. The fraction of sp³-hybridized carbons (Fsp3) is 0.688. The van der Waals surface area contributed by atoms with Gasteiger partial charge in [0.15, 0.2) is 0 Å². The number of likely N-dealkylation sites (N-methyl/N-ethyl adjacent to an activating group) is 1. The Morgan fingerprint density at radius 3 is 2.91 bits per heavy atom. The predicted molar refractivity (Wildman–Crippen MR) is 91.9 cm³/mol. The number of nitrogens with one attached hydrogen (secondary N) is 1. The van der Waals surface area contributed by atoms with E-state index in [4.69, 9.17) is 4.98 Å². The first-order valence-corrected chi connectivity index (χ1v) is 9.44. The van der Waals surface area contributed by atoms with Crippen molar-refractivity contribution in [1.29, 1.82) is 0 Å².